The second kappa shape index (κ2) is 5.16. The molecule has 0 unspecified atom stereocenters. The predicted octanol–water partition coefficient (Wildman–Crippen LogP) is 2.86. The number of thioether (sulfide) groups is 1. The van der Waals surface area contributed by atoms with Crippen LogP contribution < -0.4 is 0 Å². The van der Waals surface area contributed by atoms with E-state index in [1.807, 2.05) is 13.0 Å². The summed E-state index contributed by atoms with van der Waals surface area (Å²) in [6, 6.07) is 8.46. The van der Waals surface area contributed by atoms with Crippen molar-refractivity contribution in [3.63, 3.8) is 0 Å². The molecule has 0 atom stereocenters. The number of hydrogen-bond donors (Lipinski definition) is 0. The summed E-state index contributed by atoms with van der Waals surface area (Å²) >= 11 is 1.57. The average Bonchev–Trinajstić information content (AvgIpc) is 2.77. The van der Waals surface area contributed by atoms with E-state index in [4.69, 9.17) is 4.52 Å². The summed E-state index contributed by atoms with van der Waals surface area (Å²) in [5.41, 5.74) is 1.56. The van der Waals surface area contributed by atoms with Gasteiger partial charge in [-0.2, -0.15) is 0 Å². The van der Waals surface area contributed by atoms with Gasteiger partial charge < -0.3 is 4.52 Å². The maximum Gasteiger partial charge on any atom is 0.193 e. The minimum Gasteiger partial charge on any atom is -0.349 e. The Morgan fingerprint density at radius 2 is 1.94 bits per heavy atom. The summed E-state index contributed by atoms with van der Waals surface area (Å²) in [7, 11) is -3.15. The van der Waals surface area contributed by atoms with Crippen LogP contribution in [0.4, 0.5) is 0 Å². The van der Waals surface area contributed by atoms with Crippen LogP contribution in [0.15, 0.2) is 44.8 Å². The molecule has 0 aliphatic rings. The van der Waals surface area contributed by atoms with Crippen LogP contribution in [0, 0.1) is 0 Å². The number of sulfone groups is 1. The van der Waals surface area contributed by atoms with Crippen molar-refractivity contribution in [1.29, 1.82) is 0 Å². The standard InChI is InChI=1S/C12H13NO3S2/c1-3-17-12-8-11(13-16-12)9-4-6-10(7-5-9)18(2,14)15/h4-8H,3H2,1-2H3. The first-order valence-corrected chi connectivity index (χ1v) is 8.28. The molecule has 1 aromatic carbocycles. The topological polar surface area (TPSA) is 60.2 Å². The fourth-order valence-corrected chi connectivity index (χ4v) is 2.68. The first kappa shape index (κ1) is 13.2. The molecule has 2 aromatic rings. The van der Waals surface area contributed by atoms with E-state index in [0.29, 0.717) is 10.6 Å². The van der Waals surface area contributed by atoms with Gasteiger partial charge >= 0.3 is 0 Å². The highest BCUT2D eigenvalue weighted by Crippen LogP contribution is 2.25. The Morgan fingerprint density at radius 3 is 2.50 bits per heavy atom. The first-order chi connectivity index (χ1) is 8.50. The first-order valence-electron chi connectivity index (χ1n) is 5.40. The molecule has 1 heterocycles. The van der Waals surface area contributed by atoms with Gasteiger partial charge in [0.25, 0.3) is 0 Å². The third kappa shape index (κ3) is 2.94. The molecule has 0 aliphatic carbocycles. The zero-order valence-corrected chi connectivity index (χ0v) is 11.7. The van der Waals surface area contributed by atoms with Gasteiger partial charge in [0, 0.05) is 17.9 Å². The molecule has 0 fully saturated rings. The zero-order valence-electron chi connectivity index (χ0n) is 10.1. The minimum atomic E-state index is -3.15. The van der Waals surface area contributed by atoms with Crippen molar-refractivity contribution in [2.75, 3.05) is 12.0 Å². The van der Waals surface area contributed by atoms with Crippen LogP contribution in [0.2, 0.25) is 0 Å². The molecule has 0 N–H and O–H groups in total. The Labute approximate surface area is 110 Å². The summed E-state index contributed by atoms with van der Waals surface area (Å²) in [4.78, 5) is 0.304. The molecule has 1 aromatic heterocycles. The lowest BCUT2D eigenvalue weighted by molar-refractivity contribution is 0.351. The lowest BCUT2D eigenvalue weighted by Gasteiger charge is -1.99. The summed E-state index contributed by atoms with van der Waals surface area (Å²) in [6.07, 6.45) is 1.19. The molecule has 2 rings (SSSR count). The molecule has 0 saturated heterocycles. The van der Waals surface area contributed by atoms with Gasteiger partial charge in [-0.3, -0.25) is 0 Å². The van der Waals surface area contributed by atoms with Crippen molar-refractivity contribution in [3.8, 4) is 11.3 Å². The molecular formula is C12H13NO3S2. The summed E-state index contributed by atoms with van der Waals surface area (Å²) < 4.78 is 27.8. The average molecular weight is 283 g/mol. The molecule has 0 bridgehead atoms. The summed E-state index contributed by atoms with van der Waals surface area (Å²) in [6.45, 7) is 2.04. The van der Waals surface area contributed by atoms with Crippen molar-refractivity contribution >= 4 is 21.6 Å². The number of benzene rings is 1. The molecule has 0 spiro atoms. The highest BCUT2D eigenvalue weighted by molar-refractivity contribution is 7.99. The Kier molecular flexibility index (Phi) is 3.77. The third-order valence-corrected chi connectivity index (χ3v) is 4.25. The van der Waals surface area contributed by atoms with E-state index in [-0.39, 0.29) is 0 Å². The van der Waals surface area contributed by atoms with Gasteiger partial charge in [-0.1, -0.05) is 36.0 Å². The number of nitrogens with zero attached hydrogens (tertiary/aromatic N) is 1. The van der Waals surface area contributed by atoms with E-state index in [0.717, 1.165) is 16.4 Å². The van der Waals surface area contributed by atoms with Crippen molar-refractivity contribution in [3.05, 3.63) is 30.3 Å². The second-order valence-electron chi connectivity index (χ2n) is 3.76. The molecule has 0 aliphatic heterocycles. The molecular weight excluding hydrogens is 270 g/mol. The van der Waals surface area contributed by atoms with E-state index in [2.05, 4.69) is 5.16 Å². The van der Waals surface area contributed by atoms with Gasteiger partial charge in [-0.15, -0.1) is 0 Å². The van der Waals surface area contributed by atoms with Gasteiger partial charge in [-0.05, 0) is 17.9 Å². The highest BCUT2D eigenvalue weighted by Gasteiger charge is 2.09. The predicted molar refractivity (Wildman–Crippen MR) is 71.4 cm³/mol. The quantitative estimate of drug-likeness (QED) is 0.807. The van der Waals surface area contributed by atoms with Crippen molar-refractivity contribution in [2.45, 2.75) is 16.9 Å². The maximum atomic E-state index is 11.3. The third-order valence-electron chi connectivity index (χ3n) is 2.35. The van der Waals surface area contributed by atoms with Crippen LogP contribution in [0.3, 0.4) is 0 Å². The minimum absolute atomic E-state index is 0.304. The fourth-order valence-electron chi connectivity index (χ4n) is 1.48. The molecule has 6 heteroatoms. The maximum absolute atomic E-state index is 11.3. The van der Waals surface area contributed by atoms with Gasteiger partial charge in [0.15, 0.2) is 14.9 Å². The van der Waals surface area contributed by atoms with Crippen LogP contribution in [0.1, 0.15) is 6.92 Å². The van der Waals surface area contributed by atoms with E-state index in [9.17, 15) is 8.42 Å². The Morgan fingerprint density at radius 1 is 1.28 bits per heavy atom. The van der Waals surface area contributed by atoms with E-state index < -0.39 is 9.84 Å². The molecule has 4 nitrogen and oxygen atoms in total. The van der Waals surface area contributed by atoms with E-state index in [1.165, 1.54) is 6.26 Å². The Hall–Kier alpha value is -1.27. The lowest BCUT2D eigenvalue weighted by Crippen LogP contribution is -1.96. The molecule has 0 saturated carbocycles. The summed E-state index contributed by atoms with van der Waals surface area (Å²) in [5, 5.41) is 4.72. The largest absolute Gasteiger partial charge is 0.349 e. The number of aromatic nitrogens is 1. The highest BCUT2D eigenvalue weighted by atomic mass is 32.2. The van der Waals surface area contributed by atoms with E-state index >= 15 is 0 Å². The number of rotatable bonds is 4. The van der Waals surface area contributed by atoms with Crippen LogP contribution in [-0.4, -0.2) is 25.6 Å². The smallest absolute Gasteiger partial charge is 0.193 e. The SMILES string of the molecule is CCSc1cc(-c2ccc(S(C)(=O)=O)cc2)no1. The van der Waals surface area contributed by atoms with Gasteiger partial charge in [0.2, 0.25) is 0 Å². The molecule has 0 amide bonds. The fraction of sp³-hybridized carbons (Fsp3) is 0.250. The monoisotopic (exact) mass is 283 g/mol. The van der Waals surface area contributed by atoms with Crippen LogP contribution >= 0.6 is 11.8 Å². The van der Waals surface area contributed by atoms with E-state index in [1.54, 1.807) is 36.0 Å². The molecule has 0 radical (unpaired) electrons. The van der Waals surface area contributed by atoms with Crippen molar-refractivity contribution < 1.29 is 12.9 Å². The van der Waals surface area contributed by atoms with Crippen LogP contribution in [0.5, 0.6) is 0 Å². The van der Waals surface area contributed by atoms with Crippen molar-refractivity contribution in [2.24, 2.45) is 0 Å². The van der Waals surface area contributed by atoms with Gasteiger partial charge in [-0.25, -0.2) is 8.42 Å². The van der Waals surface area contributed by atoms with Gasteiger partial charge in [0.1, 0.15) is 5.69 Å². The normalized spacial score (nSPS) is 11.7. The Balaban J connectivity index is 2.28. The Bertz CT molecular complexity index is 630. The molecule has 18 heavy (non-hydrogen) atoms. The van der Waals surface area contributed by atoms with Crippen LogP contribution in [-0.2, 0) is 9.84 Å². The van der Waals surface area contributed by atoms with Gasteiger partial charge in [0.05, 0.1) is 4.90 Å². The van der Waals surface area contributed by atoms with Crippen molar-refractivity contribution in [1.82, 2.24) is 5.16 Å². The number of hydrogen-bond acceptors (Lipinski definition) is 5. The van der Waals surface area contributed by atoms with Crippen LogP contribution in [0.25, 0.3) is 11.3 Å². The molecule has 96 valence electrons. The summed E-state index contributed by atoms with van der Waals surface area (Å²) in [5.74, 6) is 0.918. The second-order valence-corrected chi connectivity index (χ2v) is 7.04. The lowest BCUT2D eigenvalue weighted by atomic mass is 10.2. The zero-order chi connectivity index (χ0) is 13.2.